The molecule has 25 heavy (non-hydrogen) atoms. The number of halogens is 6. The maximum atomic E-state index is 12.5. The first kappa shape index (κ1) is 19.3. The molecule has 0 radical (unpaired) electrons. The van der Waals surface area contributed by atoms with Crippen LogP contribution in [0.25, 0.3) is 0 Å². The van der Waals surface area contributed by atoms with Crippen molar-refractivity contribution in [3.05, 3.63) is 70.8 Å². The summed E-state index contributed by atoms with van der Waals surface area (Å²) in [5.41, 5.74) is -1.41. The summed E-state index contributed by atoms with van der Waals surface area (Å²) in [6, 6.07) is 7.60. The van der Waals surface area contributed by atoms with Crippen molar-refractivity contribution < 1.29 is 36.6 Å². The molecule has 0 aliphatic rings. The third kappa shape index (κ3) is 4.96. The van der Waals surface area contributed by atoms with Crippen molar-refractivity contribution >= 4 is 0 Å². The Morgan fingerprint density at radius 1 is 0.600 bits per heavy atom. The minimum Gasteiger partial charge on any atom is -0.388 e. The molecule has 0 aliphatic heterocycles. The molecule has 0 bridgehead atoms. The zero-order chi connectivity index (χ0) is 18.8. The highest BCUT2D eigenvalue weighted by atomic mass is 19.4. The fourth-order valence-corrected chi connectivity index (χ4v) is 2.27. The molecule has 2 rings (SSSR count). The lowest BCUT2D eigenvalue weighted by atomic mass is 9.97. The molecule has 2 N–H and O–H groups in total. The van der Waals surface area contributed by atoms with E-state index in [9.17, 15) is 36.6 Å². The summed E-state index contributed by atoms with van der Waals surface area (Å²) in [6.07, 6.45) is -11.8. The fraction of sp³-hybridized carbons (Fsp3) is 0.294. The first-order valence-corrected chi connectivity index (χ1v) is 7.19. The topological polar surface area (TPSA) is 40.5 Å². The Bertz CT molecular complexity index is 628. The van der Waals surface area contributed by atoms with Crippen molar-refractivity contribution in [2.24, 2.45) is 0 Å². The Labute approximate surface area is 139 Å². The van der Waals surface area contributed by atoms with E-state index in [0.717, 1.165) is 48.5 Å². The molecule has 0 spiro atoms. The van der Waals surface area contributed by atoms with Crippen molar-refractivity contribution in [3.8, 4) is 0 Å². The Kier molecular flexibility index (Phi) is 5.43. The second-order valence-corrected chi connectivity index (χ2v) is 5.51. The van der Waals surface area contributed by atoms with Crippen LogP contribution >= 0.6 is 0 Å². The van der Waals surface area contributed by atoms with E-state index in [2.05, 4.69) is 0 Å². The highest BCUT2D eigenvalue weighted by Gasteiger charge is 2.31. The zero-order valence-corrected chi connectivity index (χ0v) is 12.6. The summed E-state index contributed by atoms with van der Waals surface area (Å²) in [7, 11) is 0. The van der Waals surface area contributed by atoms with Gasteiger partial charge >= 0.3 is 12.4 Å². The van der Waals surface area contributed by atoms with Crippen LogP contribution in [0.4, 0.5) is 26.3 Å². The Morgan fingerprint density at radius 2 is 0.880 bits per heavy atom. The third-order valence-electron chi connectivity index (χ3n) is 3.69. The minimum atomic E-state index is -4.50. The summed E-state index contributed by atoms with van der Waals surface area (Å²) in [5, 5.41) is 20.0. The van der Waals surface area contributed by atoms with Crippen LogP contribution in [0.1, 0.15) is 40.9 Å². The standard InChI is InChI=1S/C17H14F6O2/c18-16(19,20)12-5-1-10(2-6-12)14(24)9-15(25)11-3-7-13(8-4-11)17(21,22)23/h1-8,14-15,24-25H,9H2. The van der Waals surface area contributed by atoms with E-state index >= 15 is 0 Å². The van der Waals surface area contributed by atoms with Crippen molar-refractivity contribution in [2.45, 2.75) is 31.0 Å². The minimum absolute atomic E-state index is 0.166. The van der Waals surface area contributed by atoms with Gasteiger partial charge in [-0.3, -0.25) is 0 Å². The number of alkyl halides is 6. The highest BCUT2D eigenvalue weighted by molar-refractivity contribution is 5.28. The number of hydrogen-bond acceptors (Lipinski definition) is 2. The molecule has 0 heterocycles. The molecule has 136 valence electrons. The van der Waals surface area contributed by atoms with Gasteiger partial charge in [0.1, 0.15) is 0 Å². The smallest absolute Gasteiger partial charge is 0.388 e. The van der Waals surface area contributed by atoms with Gasteiger partial charge in [-0.1, -0.05) is 24.3 Å². The molecule has 0 aliphatic carbocycles. The predicted octanol–water partition coefficient (Wildman–Crippen LogP) is 4.88. The first-order chi connectivity index (χ1) is 11.5. The maximum absolute atomic E-state index is 12.5. The summed E-state index contributed by atoms with van der Waals surface area (Å²) in [6.45, 7) is 0. The van der Waals surface area contributed by atoms with Gasteiger partial charge in [0.05, 0.1) is 23.3 Å². The average Bonchev–Trinajstić information content (AvgIpc) is 2.53. The van der Waals surface area contributed by atoms with Gasteiger partial charge in [0.15, 0.2) is 0 Å². The molecule has 2 atom stereocenters. The van der Waals surface area contributed by atoms with Gasteiger partial charge in [0, 0.05) is 6.42 Å². The van der Waals surface area contributed by atoms with Crippen molar-refractivity contribution in [2.75, 3.05) is 0 Å². The molecule has 2 aromatic rings. The number of rotatable bonds is 4. The highest BCUT2D eigenvalue weighted by Crippen LogP contribution is 2.33. The molecule has 8 heteroatoms. The van der Waals surface area contributed by atoms with E-state index < -0.39 is 35.7 Å². The van der Waals surface area contributed by atoms with Crippen LogP contribution < -0.4 is 0 Å². The van der Waals surface area contributed by atoms with Gasteiger partial charge in [0.2, 0.25) is 0 Å². The van der Waals surface area contributed by atoms with Gasteiger partial charge in [0.25, 0.3) is 0 Å². The Morgan fingerprint density at radius 3 is 1.12 bits per heavy atom. The van der Waals surface area contributed by atoms with Gasteiger partial charge in [-0.2, -0.15) is 26.3 Å². The molecule has 0 saturated carbocycles. The summed E-state index contributed by atoms with van der Waals surface area (Å²) >= 11 is 0. The van der Waals surface area contributed by atoms with E-state index in [1.165, 1.54) is 0 Å². The molecule has 2 aromatic carbocycles. The molecule has 0 saturated heterocycles. The van der Waals surface area contributed by atoms with Crippen molar-refractivity contribution in [1.82, 2.24) is 0 Å². The molecule has 0 fully saturated rings. The van der Waals surface area contributed by atoms with Gasteiger partial charge in [-0.15, -0.1) is 0 Å². The molecule has 2 nitrogen and oxygen atoms in total. The lowest BCUT2D eigenvalue weighted by Crippen LogP contribution is -2.09. The summed E-state index contributed by atoms with van der Waals surface area (Å²) in [4.78, 5) is 0. The van der Waals surface area contributed by atoms with Crippen molar-refractivity contribution in [1.29, 1.82) is 0 Å². The number of hydrogen-bond donors (Lipinski definition) is 2. The second-order valence-electron chi connectivity index (χ2n) is 5.51. The van der Waals surface area contributed by atoms with Crippen LogP contribution in [0, 0.1) is 0 Å². The molecule has 2 unspecified atom stereocenters. The Balaban J connectivity index is 2.05. The molecule has 0 amide bonds. The second kappa shape index (κ2) is 7.05. The number of benzene rings is 2. The molecular formula is C17H14F6O2. The van der Waals surface area contributed by atoms with Gasteiger partial charge in [-0.25, -0.2) is 0 Å². The fourth-order valence-electron chi connectivity index (χ4n) is 2.27. The van der Waals surface area contributed by atoms with Crippen LogP contribution in [0.2, 0.25) is 0 Å². The van der Waals surface area contributed by atoms with Crippen LogP contribution in [0.15, 0.2) is 48.5 Å². The van der Waals surface area contributed by atoms with Crippen LogP contribution in [0.3, 0.4) is 0 Å². The lowest BCUT2D eigenvalue weighted by Gasteiger charge is -2.17. The Hall–Kier alpha value is -2.06. The predicted molar refractivity (Wildman–Crippen MR) is 77.4 cm³/mol. The SMILES string of the molecule is OC(CC(O)c1ccc(C(F)(F)F)cc1)c1ccc(C(F)(F)F)cc1. The third-order valence-corrected chi connectivity index (χ3v) is 3.69. The number of aliphatic hydroxyl groups excluding tert-OH is 2. The maximum Gasteiger partial charge on any atom is 0.416 e. The quantitative estimate of drug-likeness (QED) is 0.759. The number of aliphatic hydroxyl groups is 2. The molecule has 0 aromatic heterocycles. The van der Waals surface area contributed by atoms with Crippen LogP contribution in [0.5, 0.6) is 0 Å². The van der Waals surface area contributed by atoms with E-state index in [0.29, 0.717) is 0 Å². The van der Waals surface area contributed by atoms with Crippen LogP contribution in [-0.4, -0.2) is 10.2 Å². The zero-order valence-electron chi connectivity index (χ0n) is 12.6. The largest absolute Gasteiger partial charge is 0.416 e. The normalized spacial score (nSPS) is 15.0. The summed E-state index contributed by atoms with van der Waals surface area (Å²) < 4.78 is 74.9. The van der Waals surface area contributed by atoms with Gasteiger partial charge in [-0.05, 0) is 35.4 Å². The monoisotopic (exact) mass is 364 g/mol. The van der Waals surface area contributed by atoms with Crippen molar-refractivity contribution in [3.63, 3.8) is 0 Å². The molecular weight excluding hydrogens is 350 g/mol. The summed E-state index contributed by atoms with van der Waals surface area (Å²) in [5.74, 6) is 0. The average molecular weight is 364 g/mol. The first-order valence-electron chi connectivity index (χ1n) is 7.19. The van der Waals surface area contributed by atoms with Gasteiger partial charge < -0.3 is 10.2 Å². The van der Waals surface area contributed by atoms with E-state index in [4.69, 9.17) is 0 Å². The van der Waals surface area contributed by atoms with E-state index in [1.54, 1.807) is 0 Å². The lowest BCUT2D eigenvalue weighted by molar-refractivity contribution is -0.138. The van der Waals surface area contributed by atoms with E-state index in [1.807, 2.05) is 0 Å². The van der Waals surface area contributed by atoms with E-state index in [-0.39, 0.29) is 17.5 Å². The van der Waals surface area contributed by atoms with Crippen LogP contribution in [-0.2, 0) is 12.4 Å².